The van der Waals surface area contributed by atoms with Crippen LogP contribution in [0.15, 0.2) is 54.6 Å². The zero-order valence-electron chi connectivity index (χ0n) is 16.9. The van der Waals surface area contributed by atoms with Crippen LogP contribution in [0.2, 0.25) is 0 Å². The first-order valence-electron chi connectivity index (χ1n) is 9.79. The number of primary amides is 1. The molecule has 0 saturated carbocycles. The van der Waals surface area contributed by atoms with Crippen LogP contribution in [0.1, 0.15) is 46.8 Å². The van der Waals surface area contributed by atoms with Crippen molar-refractivity contribution in [3.63, 3.8) is 0 Å². The molecule has 0 unspecified atom stereocenters. The van der Waals surface area contributed by atoms with Crippen molar-refractivity contribution in [2.24, 2.45) is 5.73 Å². The summed E-state index contributed by atoms with van der Waals surface area (Å²) >= 11 is 0. The second-order valence-electron chi connectivity index (χ2n) is 7.85. The monoisotopic (exact) mass is 428 g/mol. The van der Waals surface area contributed by atoms with Crippen molar-refractivity contribution in [2.75, 3.05) is 0 Å². The molecule has 4 aromatic rings. The lowest BCUT2D eigenvalue weighted by atomic mass is 10.00. The Kier molecular flexibility index (Phi) is 5.00. The average molecular weight is 428 g/mol. The number of amides is 1. The standard InChI is InChI=1S/C24H20F4N2O/c1-13(2)14-9-10-15-21(11-14)30(20-8-3-5-16(22(15)20)23(29)31)12-17-18(24(26,27)28)6-4-7-19(17)25/h3-11,13H,12H2,1-2H3,(H2,29,31). The van der Waals surface area contributed by atoms with E-state index >= 15 is 0 Å². The summed E-state index contributed by atoms with van der Waals surface area (Å²) in [6.07, 6.45) is -4.70. The van der Waals surface area contributed by atoms with Gasteiger partial charge in [-0.25, -0.2) is 4.39 Å². The molecule has 31 heavy (non-hydrogen) atoms. The number of hydrogen-bond donors (Lipinski definition) is 1. The smallest absolute Gasteiger partial charge is 0.366 e. The summed E-state index contributed by atoms with van der Waals surface area (Å²) < 4.78 is 57.0. The Bertz CT molecular complexity index is 1320. The molecule has 1 amide bonds. The first-order chi connectivity index (χ1) is 14.6. The number of benzene rings is 3. The van der Waals surface area contributed by atoms with Crippen molar-refractivity contribution in [1.82, 2.24) is 4.57 Å². The van der Waals surface area contributed by atoms with E-state index < -0.39 is 29.0 Å². The molecule has 0 aliphatic rings. The van der Waals surface area contributed by atoms with Gasteiger partial charge in [-0.2, -0.15) is 13.2 Å². The topological polar surface area (TPSA) is 48.0 Å². The van der Waals surface area contributed by atoms with Gasteiger partial charge in [-0.15, -0.1) is 0 Å². The number of carbonyl (C=O) groups excluding carboxylic acids is 1. The second-order valence-corrected chi connectivity index (χ2v) is 7.85. The minimum Gasteiger partial charge on any atom is -0.366 e. The van der Waals surface area contributed by atoms with E-state index in [0.29, 0.717) is 21.8 Å². The van der Waals surface area contributed by atoms with Crippen LogP contribution in [0.3, 0.4) is 0 Å². The van der Waals surface area contributed by atoms with Crippen molar-refractivity contribution < 1.29 is 22.4 Å². The maximum atomic E-state index is 14.6. The highest BCUT2D eigenvalue weighted by Crippen LogP contribution is 2.37. The molecule has 0 aliphatic heterocycles. The largest absolute Gasteiger partial charge is 0.416 e. The van der Waals surface area contributed by atoms with Crippen molar-refractivity contribution in [1.29, 1.82) is 0 Å². The SMILES string of the molecule is CC(C)c1ccc2c3c(C(N)=O)cccc3n(Cc3c(F)cccc3C(F)(F)F)c2c1. The predicted molar refractivity (Wildman–Crippen MR) is 113 cm³/mol. The molecule has 0 radical (unpaired) electrons. The normalized spacial score (nSPS) is 12.2. The molecule has 7 heteroatoms. The molecule has 0 aliphatic carbocycles. The lowest BCUT2D eigenvalue weighted by Gasteiger charge is -2.16. The summed E-state index contributed by atoms with van der Waals surface area (Å²) in [5.74, 6) is -1.40. The maximum absolute atomic E-state index is 14.6. The van der Waals surface area contributed by atoms with Crippen LogP contribution in [0.5, 0.6) is 0 Å². The fourth-order valence-corrected chi connectivity index (χ4v) is 4.04. The van der Waals surface area contributed by atoms with Crippen LogP contribution in [-0.4, -0.2) is 10.5 Å². The predicted octanol–water partition coefficient (Wildman–Crippen LogP) is 6.22. The number of aromatic nitrogens is 1. The molecule has 1 aromatic heterocycles. The summed E-state index contributed by atoms with van der Waals surface area (Å²) in [6, 6.07) is 13.5. The number of nitrogens with zero attached hydrogens (tertiary/aromatic N) is 1. The van der Waals surface area contributed by atoms with Crippen LogP contribution in [0.25, 0.3) is 21.8 Å². The van der Waals surface area contributed by atoms with Crippen LogP contribution in [0, 0.1) is 5.82 Å². The van der Waals surface area contributed by atoms with Gasteiger partial charge in [-0.3, -0.25) is 4.79 Å². The van der Waals surface area contributed by atoms with Crippen molar-refractivity contribution in [3.8, 4) is 0 Å². The second kappa shape index (κ2) is 7.41. The molecule has 2 N–H and O–H groups in total. The molecular weight excluding hydrogens is 408 g/mol. The third-order valence-corrected chi connectivity index (χ3v) is 5.59. The van der Waals surface area contributed by atoms with Gasteiger partial charge in [0.1, 0.15) is 5.82 Å². The van der Waals surface area contributed by atoms with Crippen LogP contribution in [-0.2, 0) is 12.7 Å². The molecule has 4 rings (SSSR count). The van der Waals surface area contributed by atoms with E-state index in [-0.39, 0.29) is 18.0 Å². The number of hydrogen-bond acceptors (Lipinski definition) is 1. The Balaban J connectivity index is 2.07. The van der Waals surface area contributed by atoms with Crippen molar-refractivity contribution >= 4 is 27.7 Å². The summed E-state index contributed by atoms with van der Waals surface area (Å²) in [6.45, 7) is 3.66. The number of rotatable bonds is 4. The van der Waals surface area contributed by atoms with Crippen LogP contribution in [0.4, 0.5) is 17.6 Å². The lowest BCUT2D eigenvalue weighted by molar-refractivity contribution is -0.138. The van der Waals surface area contributed by atoms with Crippen molar-refractivity contribution in [2.45, 2.75) is 32.5 Å². The fraction of sp³-hybridized carbons (Fsp3) is 0.208. The zero-order chi connectivity index (χ0) is 22.5. The Labute approximate surface area is 176 Å². The molecule has 0 fully saturated rings. The highest BCUT2D eigenvalue weighted by atomic mass is 19.4. The number of carbonyl (C=O) groups is 1. The van der Waals surface area contributed by atoms with E-state index in [9.17, 15) is 22.4 Å². The van der Waals surface area contributed by atoms with E-state index in [4.69, 9.17) is 5.73 Å². The molecule has 0 saturated heterocycles. The summed E-state index contributed by atoms with van der Waals surface area (Å²) in [4.78, 5) is 12.0. The molecule has 0 atom stereocenters. The summed E-state index contributed by atoms with van der Waals surface area (Å²) in [7, 11) is 0. The van der Waals surface area contributed by atoms with Gasteiger partial charge in [0.25, 0.3) is 0 Å². The van der Waals surface area contributed by atoms with Gasteiger partial charge in [0.05, 0.1) is 17.6 Å². The van der Waals surface area contributed by atoms with Crippen molar-refractivity contribution in [3.05, 3.63) is 82.7 Å². The lowest BCUT2D eigenvalue weighted by Crippen LogP contribution is -2.14. The maximum Gasteiger partial charge on any atom is 0.416 e. The molecule has 1 heterocycles. The minimum atomic E-state index is -4.70. The highest BCUT2D eigenvalue weighted by Gasteiger charge is 2.34. The number of fused-ring (bicyclic) bond motifs is 3. The van der Waals surface area contributed by atoms with E-state index in [1.54, 1.807) is 22.8 Å². The van der Waals surface area contributed by atoms with Gasteiger partial charge < -0.3 is 10.3 Å². The Morgan fingerprint density at radius 3 is 2.39 bits per heavy atom. The summed E-state index contributed by atoms with van der Waals surface area (Å²) in [5, 5.41) is 1.23. The van der Waals surface area contributed by atoms with E-state index in [1.807, 2.05) is 32.0 Å². The van der Waals surface area contributed by atoms with Gasteiger partial charge in [-0.1, -0.05) is 38.1 Å². The van der Waals surface area contributed by atoms with Crippen LogP contribution < -0.4 is 5.73 Å². The minimum absolute atomic E-state index is 0.172. The number of alkyl halides is 3. The summed E-state index contributed by atoms with van der Waals surface area (Å²) in [5.41, 5.74) is 6.46. The van der Waals surface area contributed by atoms with Gasteiger partial charge in [0, 0.05) is 27.4 Å². The van der Waals surface area contributed by atoms with E-state index in [1.165, 1.54) is 0 Å². The Morgan fingerprint density at radius 2 is 1.74 bits per heavy atom. The van der Waals surface area contributed by atoms with E-state index in [2.05, 4.69) is 0 Å². The average Bonchev–Trinajstić information content (AvgIpc) is 3.01. The molecule has 0 spiro atoms. The molecule has 3 aromatic carbocycles. The third-order valence-electron chi connectivity index (χ3n) is 5.59. The van der Waals surface area contributed by atoms with Gasteiger partial charge >= 0.3 is 6.18 Å². The highest BCUT2D eigenvalue weighted by molar-refractivity contribution is 6.18. The zero-order valence-corrected chi connectivity index (χ0v) is 16.9. The molecule has 0 bridgehead atoms. The van der Waals surface area contributed by atoms with Crippen LogP contribution >= 0.6 is 0 Å². The number of nitrogens with two attached hydrogens (primary N) is 1. The van der Waals surface area contributed by atoms with Gasteiger partial charge in [0.2, 0.25) is 5.91 Å². The van der Waals surface area contributed by atoms with E-state index in [0.717, 1.165) is 23.8 Å². The van der Waals surface area contributed by atoms with Gasteiger partial charge in [-0.05, 0) is 41.8 Å². The number of halogens is 4. The Morgan fingerprint density at radius 1 is 1.03 bits per heavy atom. The first-order valence-corrected chi connectivity index (χ1v) is 9.79. The third kappa shape index (κ3) is 3.54. The quantitative estimate of drug-likeness (QED) is 0.385. The molecule has 3 nitrogen and oxygen atoms in total. The Hall–Kier alpha value is -3.35. The van der Waals surface area contributed by atoms with Gasteiger partial charge in [0.15, 0.2) is 0 Å². The first kappa shape index (κ1) is 20.9. The molecular formula is C24H20F4N2O. The molecule has 160 valence electrons. The fourth-order valence-electron chi connectivity index (χ4n) is 4.04.